The lowest BCUT2D eigenvalue weighted by Gasteiger charge is -2.21. The van der Waals surface area contributed by atoms with Crippen molar-refractivity contribution in [2.24, 2.45) is 0 Å². The molecule has 6 heteroatoms. The molecule has 0 radical (unpaired) electrons. The van der Waals surface area contributed by atoms with Gasteiger partial charge in [0.15, 0.2) is 6.73 Å². The van der Waals surface area contributed by atoms with Crippen LogP contribution in [0.4, 0.5) is 4.79 Å². The number of rotatable bonds is 7. The molecule has 0 heterocycles. The zero-order valence-electron chi connectivity index (χ0n) is 11.0. The molecular formula is C13H20N2O4. The van der Waals surface area contributed by atoms with Crippen molar-refractivity contribution in [3.63, 3.8) is 0 Å². The van der Waals surface area contributed by atoms with Gasteiger partial charge in [-0.1, -0.05) is 17.7 Å². The number of hydrogen-bond acceptors (Lipinski definition) is 4. The SMILES string of the molecule is Cc1ccc(OCNC(=O)N(CCO)CCO)cc1. The summed E-state index contributed by atoms with van der Waals surface area (Å²) in [6.45, 7) is 2.08. The fourth-order valence-electron chi connectivity index (χ4n) is 1.48. The molecule has 0 aromatic heterocycles. The van der Waals surface area contributed by atoms with Gasteiger partial charge in [-0.3, -0.25) is 0 Å². The van der Waals surface area contributed by atoms with Crippen molar-refractivity contribution >= 4 is 6.03 Å². The summed E-state index contributed by atoms with van der Waals surface area (Å²) in [5, 5.41) is 20.2. The molecule has 19 heavy (non-hydrogen) atoms. The third-order valence-electron chi connectivity index (χ3n) is 2.51. The average Bonchev–Trinajstić information content (AvgIpc) is 2.40. The van der Waals surface area contributed by atoms with Gasteiger partial charge in [-0.2, -0.15) is 0 Å². The van der Waals surface area contributed by atoms with Crippen molar-refractivity contribution in [3.8, 4) is 5.75 Å². The first kappa shape index (κ1) is 15.3. The van der Waals surface area contributed by atoms with Gasteiger partial charge in [0.1, 0.15) is 5.75 Å². The molecule has 0 unspecified atom stereocenters. The number of ether oxygens (including phenoxy) is 1. The van der Waals surface area contributed by atoms with E-state index in [-0.39, 0.29) is 39.1 Å². The maximum absolute atomic E-state index is 11.7. The Labute approximate surface area is 112 Å². The number of nitrogens with one attached hydrogen (secondary N) is 1. The first-order valence-corrected chi connectivity index (χ1v) is 6.11. The van der Waals surface area contributed by atoms with Crippen LogP contribution in [0, 0.1) is 6.92 Å². The Balaban J connectivity index is 2.34. The Morgan fingerprint density at radius 2 is 1.79 bits per heavy atom. The van der Waals surface area contributed by atoms with Gasteiger partial charge in [-0.15, -0.1) is 0 Å². The summed E-state index contributed by atoms with van der Waals surface area (Å²) in [6, 6.07) is 7.10. The van der Waals surface area contributed by atoms with Gasteiger partial charge < -0.3 is 25.2 Å². The molecule has 0 bridgehead atoms. The standard InChI is InChI=1S/C13H20N2O4/c1-11-2-4-12(5-3-11)19-10-14-13(18)15(6-8-16)7-9-17/h2-5,16-17H,6-10H2,1H3,(H,14,18). The lowest BCUT2D eigenvalue weighted by Crippen LogP contribution is -2.44. The van der Waals surface area contributed by atoms with Gasteiger partial charge in [0, 0.05) is 13.1 Å². The predicted molar refractivity (Wildman–Crippen MR) is 71.0 cm³/mol. The van der Waals surface area contributed by atoms with E-state index in [1.165, 1.54) is 4.90 Å². The number of aliphatic hydroxyl groups is 2. The molecule has 1 aromatic rings. The molecule has 0 atom stereocenters. The van der Waals surface area contributed by atoms with Crippen LogP contribution in [-0.4, -0.2) is 54.2 Å². The number of aryl methyl sites for hydroxylation is 1. The van der Waals surface area contributed by atoms with Crippen LogP contribution in [0.2, 0.25) is 0 Å². The van der Waals surface area contributed by atoms with E-state index in [0.717, 1.165) is 5.56 Å². The van der Waals surface area contributed by atoms with Crippen LogP contribution >= 0.6 is 0 Å². The zero-order chi connectivity index (χ0) is 14.1. The number of benzene rings is 1. The number of urea groups is 1. The molecule has 0 saturated heterocycles. The summed E-state index contributed by atoms with van der Waals surface area (Å²) in [5.74, 6) is 0.668. The molecule has 0 fully saturated rings. The van der Waals surface area contributed by atoms with E-state index in [1.54, 1.807) is 0 Å². The first-order chi connectivity index (χ1) is 9.17. The van der Waals surface area contributed by atoms with Gasteiger partial charge in [0.25, 0.3) is 0 Å². The molecule has 0 spiro atoms. The van der Waals surface area contributed by atoms with Gasteiger partial charge in [-0.25, -0.2) is 4.79 Å². The largest absolute Gasteiger partial charge is 0.473 e. The number of hydrogen-bond donors (Lipinski definition) is 3. The van der Waals surface area contributed by atoms with Crippen LogP contribution < -0.4 is 10.1 Å². The summed E-state index contributed by atoms with van der Waals surface area (Å²) in [6.07, 6.45) is 0. The topological polar surface area (TPSA) is 82.0 Å². The van der Waals surface area contributed by atoms with E-state index in [0.29, 0.717) is 5.75 Å². The smallest absolute Gasteiger partial charge is 0.320 e. The third-order valence-corrected chi connectivity index (χ3v) is 2.51. The van der Waals surface area contributed by atoms with Crippen LogP contribution in [0.5, 0.6) is 5.75 Å². The molecule has 0 aliphatic heterocycles. The third kappa shape index (κ3) is 5.58. The predicted octanol–water partition coefficient (Wildman–Crippen LogP) is 0.328. The molecule has 106 valence electrons. The highest BCUT2D eigenvalue weighted by molar-refractivity contribution is 5.74. The van der Waals surface area contributed by atoms with Crippen molar-refractivity contribution in [2.75, 3.05) is 33.0 Å². The molecule has 6 nitrogen and oxygen atoms in total. The molecule has 2 amide bonds. The van der Waals surface area contributed by atoms with Gasteiger partial charge >= 0.3 is 6.03 Å². The van der Waals surface area contributed by atoms with E-state index < -0.39 is 0 Å². The van der Waals surface area contributed by atoms with Gasteiger partial charge in [0.2, 0.25) is 0 Å². The zero-order valence-corrected chi connectivity index (χ0v) is 11.0. The molecule has 0 aliphatic rings. The quantitative estimate of drug-likeness (QED) is 0.622. The summed E-state index contributed by atoms with van der Waals surface area (Å²) >= 11 is 0. The molecule has 0 saturated carbocycles. The number of carbonyl (C=O) groups excluding carboxylic acids is 1. The highest BCUT2D eigenvalue weighted by Crippen LogP contribution is 2.10. The Kier molecular flexibility index (Phi) is 6.70. The maximum atomic E-state index is 11.7. The summed E-state index contributed by atoms with van der Waals surface area (Å²) in [7, 11) is 0. The van der Waals surface area contributed by atoms with E-state index in [4.69, 9.17) is 14.9 Å². The molecule has 0 aliphatic carbocycles. The van der Waals surface area contributed by atoms with E-state index in [9.17, 15) is 4.79 Å². The summed E-state index contributed by atoms with van der Waals surface area (Å²) in [4.78, 5) is 13.0. The summed E-state index contributed by atoms with van der Waals surface area (Å²) < 4.78 is 5.35. The highest BCUT2D eigenvalue weighted by atomic mass is 16.5. The normalized spacial score (nSPS) is 10.1. The van der Waals surface area contributed by atoms with Crippen LogP contribution in [0.15, 0.2) is 24.3 Å². The van der Waals surface area contributed by atoms with Crippen molar-refractivity contribution < 1.29 is 19.7 Å². The summed E-state index contributed by atoms with van der Waals surface area (Å²) in [5.41, 5.74) is 1.13. The highest BCUT2D eigenvalue weighted by Gasteiger charge is 2.11. The van der Waals surface area contributed by atoms with Crippen molar-refractivity contribution in [1.29, 1.82) is 0 Å². The van der Waals surface area contributed by atoms with Crippen LogP contribution in [-0.2, 0) is 0 Å². The molecule has 1 rings (SSSR count). The minimum atomic E-state index is -0.379. The Hall–Kier alpha value is -1.79. The van der Waals surface area contributed by atoms with Crippen LogP contribution in [0.3, 0.4) is 0 Å². The van der Waals surface area contributed by atoms with Crippen molar-refractivity contribution in [1.82, 2.24) is 10.2 Å². The minimum Gasteiger partial charge on any atom is -0.473 e. The number of carbonyl (C=O) groups is 1. The second-order valence-corrected chi connectivity index (χ2v) is 4.02. The maximum Gasteiger partial charge on any atom is 0.320 e. The molecule has 1 aromatic carbocycles. The monoisotopic (exact) mass is 268 g/mol. The van der Waals surface area contributed by atoms with E-state index in [1.807, 2.05) is 31.2 Å². The van der Waals surface area contributed by atoms with Gasteiger partial charge in [-0.05, 0) is 19.1 Å². The Morgan fingerprint density at radius 1 is 1.21 bits per heavy atom. The Bertz CT molecular complexity index is 375. The van der Waals surface area contributed by atoms with E-state index >= 15 is 0 Å². The first-order valence-electron chi connectivity index (χ1n) is 6.11. The lowest BCUT2D eigenvalue weighted by molar-refractivity contribution is 0.151. The second-order valence-electron chi connectivity index (χ2n) is 4.02. The Morgan fingerprint density at radius 3 is 2.32 bits per heavy atom. The fourth-order valence-corrected chi connectivity index (χ4v) is 1.48. The second kappa shape index (κ2) is 8.34. The van der Waals surface area contributed by atoms with Gasteiger partial charge in [0.05, 0.1) is 13.2 Å². The van der Waals surface area contributed by atoms with Crippen molar-refractivity contribution in [3.05, 3.63) is 29.8 Å². The van der Waals surface area contributed by atoms with Crippen molar-refractivity contribution in [2.45, 2.75) is 6.92 Å². The molecular weight excluding hydrogens is 248 g/mol. The average molecular weight is 268 g/mol. The van der Waals surface area contributed by atoms with Crippen LogP contribution in [0.1, 0.15) is 5.56 Å². The number of amides is 2. The lowest BCUT2D eigenvalue weighted by atomic mass is 10.2. The number of nitrogens with zero attached hydrogens (tertiary/aromatic N) is 1. The minimum absolute atomic E-state index is 0.0370. The van der Waals surface area contributed by atoms with E-state index in [2.05, 4.69) is 5.32 Å². The fraction of sp³-hybridized carbons (Fsp3) is 0.462. The number of aliphatic hydroxyl groups excluding tert-OH is 2. The molecule has 3 N–H and O–H groups in total. The van der Waals surface area contributed by atoms with Crippen LogP contribution in [0.25, 0.3) is 0 Å².